The van der Waals surface area contributed by atoms with Crippen LogP contribution in [-0.2, 0) is 4.74 Å². The van der Waals surface area contributed by atoms with Gasteiger partial charge in [-0.25, -0.2) is 9.97 Å². The zero-order valence-corrected chi connectivity index (χ0v) is 11.4. The number of ether oxygens (including phenoxy) is 1. The zero-order valence-electron chi connectivity index (χ0n) is 10.6. The van der Waals surface area contributed by atoms with Crippen LogP contribution in [0.4, 0.5) is 5.82 Å². The lowest BCUT2D eigenvalue weighted by Crippen LogP contribution is -2.09. The van der Waals surface area contributed by atoms with Gasteiger partial charge in [0.15, 0.2) is 0 Å². The first kappa shape index (κ1) is 12.6. The molecule has 0 bridgehead atoms. The van der Waals surface area contributed by atoms with Gasteiger partial charge in [-0.05, 0) is 26.7 Å². The predicted molar refractivity (Wildman–Crippen MR) is 70.8 cm³/mol. The maximum atomic E-state index is 5.62. The van der Waals surface area contributed by atoms with Gasteiger partial charge in [-0.3, -0.25) is 0 Å². The fourth-order valence-corrected chi connectivity index (χ4v) is 3.05. The SMILES string of the molecule is CNc1nc(C)nc(SCC2CCCO2)c1C. The monoisotopic (exact) mass is 253 g/mol. The summed E-state index contributed by atoms with van der Waals surface area (Å²) in [6.07, 6.45) is 2.76. The Morgan fingerprint density at radius 1 is 1.41 bits per heavy atom. The topological polar surface area (TPSA) is 47.0 Å². The Labute approximate surface area is 107 Å². The summed E-state index contributed by atoms with van der Waals surface area (Å²) in [5.41, 5.74) is 1.13. The molecule has 0 aromatic carbocycles. The lowest BCUT2D eigenvalue weighted by atomic mass is 10.3. The van der Waals surface area contributed by atoms with Crippen molar-refractivity contribution in [2.24, 2.45) is 0 Å². The van der Waals surface area contributed by atoms with Crippen LogP contribution in [0.2, 0.25) is 0 Å². The van der Waals surface area contributed by atoms with Crippen LogP contribution in [0.25, 0.3) is 0 Å². The van der Waals surface area contributed by atoms with E-state index in [9.17, 15) is 0 Å². The molecule has 1 unspecified atom stereocenters. The molecule has 1 aromatic rings. The van der Waals surface area contributed by atoms with Gasteiger partial charge in [-0.15, -0.1) is 11.8 Å². The van der Waals surface area contributed by atoms with Crippen molar-refractivity contribution < 1.29 is 4.74 Å². The van der Waals surface area contributed by atoms with Crippen LogP contribution in [-0.4, -0.2) is 35.5 Å². The van der Waals surface area contributed by atoms with Gasteiger partial charge in [0, 0.05) is 25.0 Å². The van der Waals surface area contributed by atoms with Crippen LogP contribution in [0, 0.1) is 13.8 Å². The zero-order chi connectivity index (χ0) is 12.3. The minimum Gasteiger partial charge on any atom is -0.377 e. The summed E-state index contributed by atoms with van der Waals surface area (Å²) in [5, 5.41) is 4.18. The van der Waals surface area contributed by atoms with E-state index < -0.39 is 0 Å². The van der Waals surface area contributed by atoms with E-state index >= 15 is 0 Å². The fraction of sp³-hybridized carbons (Fsp3) is 0.667. The van der Waals surface area contributed by atoms with Crippen molar-refractivity contribution in [1.82, 2.24) is 9.97 Å². The van der Waals surface area contributed by atoms with Gasteiger partial charge < -0.3 is 10.1 Å². The van der Waals surface area contributed by atoms with Crippen molar-refractivity contribution in [3.63, 3.8) is 0 Å². The van der Waals surface area contributed by atoms with Crippen molar-refractivity contribution in [1.29, 1.82) is 0 Å². The standard InChI is InChI=1S/C12H19N3OS/c1-8-11(13-3)14-9(2)15-12(8)17-7-10-5-4-6-16-10/h10H,4-7H2,1-3H3,(H,13,14,15). The first-order chi connectivity index (χ1) is 8.20. The Morgan fingerprint density at radius 3 is 2.88 bits per heavy atom. The van der Waals surface area contributed by atoms with Crippen molar-refractivity contribution in [2.75, 3.05) is 24.7 Å². The number of anilines is 1. The summed E-state index contributed by atoms with van der Waals surface area (Å²) in [7, 11) is 1.89. The minimum atomic E-state index is 0.396. The van der Waals surface area contributed by atoms with Crippen LogP contribution in [0.3, 0.4) is 0 Å². The number of aromatic nitrogens is 2. The largest absolute Gasteiger partial charge is 0.377 e. The number of nitrogens with zero attached hydrogens (tertiary/aromatic N) is 2. The number of rotatable bonds is 4. The third-order valence-corrected chi connectivity index (χ3v) is 4.09. The van der Waals surface area contributed by atoms with Crippen LogP contribution in [0.15, 0.2) is 5.03 Å². The highest BCUT2D eigenvalue weighted by molar-refractivity contribution is 7.99. The highest BCUT2D eigenvalue weighted by Crippen LogP contribution is 2.27. The second-order valence-corrected chi connectivity index (χ2v) is 5.25. The Balaban J connectivity index is 2.06. The van der Waals surface area contributed by atoms with E-state index in [0.717, 1.165) is 34.6 Å². The molecule has 1 aromatic heterocycles. The summed E-state index contributed by atoms with van der Waals surface area (Å²) < 4.78 is 5.62. The molecule has 1 fully saturated rings. The van der Waals surface area contributed by atoms with Crippen molar-refractivity contribution in [2.45, 2.75) is 37.8 Å². The van der Waals surface area contributed by atoms with Gasteiger partial charge in [0.05, 0.1) is 6.10 Å². The second kappa shape index (κ2) is 5.69. The first-order valence-electron chi connectivity index (χ1n) is 5.98. The maximum Gasteiger partial charge on any atom is 0.133 e. The Kier molecular flexibility index (Phi) is 4.23. The molecule has 1 aliphatic heterocycles. The molecule has 0 radical (unpaired) electrons. The summed E-state index contributed by atoms with van der Waals surface area (Å²) in [5.74, 6) is 2.72. The molecule has 2 heterocycles. The molecule has 1 saturated heterocycles. The van der Waals surface area contributed by atoms with Crippen molar-refractivity contribution in [3.8, 4) is 0 Å². The highest BCUT2D eigenvalue weighted by atomic mass is 32.2. The molecule has 17 heavy (non-hydrogen) atoms. The first-order valence-corrected chi connectivity index (χ1v) is 6.96. The number of hydrogen-bond acceptors (Lipinski definition) is 5. The average molecular weight is 253 g/mol. The van der Waals surface area contributed by atoms with E-state index in [1.54, 1.807) is 11.8 Å². The van der Waals surface area contributed by atoms with Crippen molar-refractivity contribution >= 4 is 17.6 Å². The molecule has 0 saturated carbocycles. The van der Waals surface area contributed by atoms with E-state index in [2.05, 4.69) is 22.2 Å². The molecule has 2 rings (SSSR count). The quantitative estimate of drug-likeness (QED) is 0.659. The third kappa shape index (κ3) is 3.10. The highest BCUT2D eigenvalue weighted by Gasteiger charge is 2.17. The molecule has 5 heteroatoms. The molecule has 0 amide bonds. The van der Waals surface area contributed by atoms with Gasteiger partial charge in [-0.2, -0.15) is 0 Å². The lowest BCUT2D eigenvalue weighted by Gasteiger charge is -2.12. The van der Waals surface area contributed by atoms with Crippen molar-refractivity contribution in [3.05, 3.63) is 11.4 Å². The van der Waals surface area contributed by atoms with E-state index in [4.69, 9.17) is 4.74 Å². The summed E-state index contributed by atoms with van der Waals surface area (Å²) in [6, 6.07) is 0. The molecular weight excluding hydrogens is 234 g/mol. The van der Waals surface area contributed by atoms with Crippen LogP contribution in [0.1, 0.15) is 24.2 Å². The van der Waals surface area contributed by atoms with Gasteiger partial charge in [0.2, 0.25) is 0 Å². The molecular formula is C12H19N3OS. The minimum absolute atomic E-state index is 0.396. The van der Waals surface area contributed by atoms with Gasteiger partial charge in [0.25, 0.3) is 0 Å². The molecule has 1 N–H and O–H groups in total. The lowest BCUT2D eigenvalue weighted by molar-refractivity contribution is 0.129. The number of thioether (sulfide) groups is 1. The Morgan fingerprint density at radius 2 is 2.24 bits per heavy atom. The molecule has 0 spiro atoms. The van der Waals surface area contributed by atoms with E-state index in [1.165, 1.54) is 12.8 Å². The molecule has 94 valence electrons. The van der Waals surface area contributed by atoms with Gasteiger partial charge in [-0.1, -0.05) is 0 Å². The normalized spacial score (nSPS) is 19.6. The maximum absolute atomic E-state index is 5.62. The Hall–Kier alpha value is -0.810. The Bertz CT molecular complexity index is 392. The van der Waals surface area contributed by atoms with E-state index in [1.807, 2.05) is 14.0 Å². The summed E-state index contributed by atoms with van der Waals surface area (Å²) in [4.78, 5) is 8.86. The molecule has 1 aliphatic rings. The summed E-state index contributed by atoms with van der Waals surface area (Å²) in [6.45, 7) is 4.90. The van der Waals surface area contributed by atoms with Crippen LogP contribution < -0.4 is 5.32 Å². The fourth-order valence-electron chi connectivity index (χ4n) is 1.93. The van der Waals surface area contributed by atoms with Crippen LogP contribution in [0.5, 0.6) is 0 Å². The number of hydrogen-bond donors (Lipinski definition) is 1. The molecule has 1 atom stereocenters. The molecule has 0 aliphatic carbocycles. The smallest absolute Gasteiger partial charge is 0.133 e. The molecule has 4 nitrogen and oxygen atoms in total. The second-order valence-electron chi connectivity index (χ2n) is 4.25. The third-order valence-electron chi connectivity index (χ3n) is 2.88. The number of aryl methyl sites for hydroxylation is 1. The summed E-state index contributed by atoms with van der Waals surface area (Å²) >= 11 is 1.77. The van der Waals surface area contributed by atoms with Gasteiger partial charge in [0.1, 0.15) is 16.7 Å². The van der Waals surface area contributed by atoms with E-state index in [0.29, 0.717) is 6.10 Å². The van der Waals surface area contributed by atoms with E-state index in [-0.39, 0.29) is 0 Å². The van der Waals surface area contributed by atoms with Gasteiger partial charge >= 0.3 is 0 Å². The average Bonchev–Trinajstić information content (AvgIpc) is 2.82. The number of nitrogens with one attached hydrogen (secondary N) is 1. The predicted octanol–water partition coefficient (Wildman–Crippen LogP) is 2.41. The van der Waals surface area contributed by atoms with Crippen LogP contribution >= 0.6 is 11.8 Å².